The highest BCUT2D eigenvalue weighted by molar-refractivity contribution is 5.77. The second-order valence-corrected chi connectivity index (χ2v) is 6.00. The van der Waals surface area contributed by atoms with Gasteiger partial charge in [0, 0.05) is 38.7 Å². The molecule has 0 aromatic heterocycles. The van der Waals surface area contributed by atoms with Crippen LogP contribution >= 0.6 is 0 Å². The van der Waals surface area contributed by atoms with Gasteiger partial charge in [0.05, 0.1) is 6.61 Å². The fraction of sp³-hybridized carbons (Fsp3) is 0.588. The van der Waals surface area contributed by atoms with E-state index in [-0.39, 0.29) is 0 Å². The van der Waals surface area contributed by atoms with E-state index in [1.54, 1.807) is 0 Å². The minimum Gasteiger partial charge on any atom is -0.377 e. The van der Waals surface area contributed by atoms with Crippen LogP contribution in [0.4, 0.5) is 0 Å². The van der Waals surface area contributed by atoms with Crippen molar-refractivity contribution in [2.24, 2.45) is 5.92 Å². The van der Waals surface area contributed by atoms with Crippen molar-refractivity contribution >= 4 is 5.91 Å². The molecule has 4 nitrogen and oxygen atoms in total. The number of carbonyl (C=O) groups excluding carboxylic acids is 1. The number of nitrogens with one attached hydrogen (secondary N) is 1. The van der Waals surface area contributed by atoms with Gasteiger partial charge in [-0.2, -0.15) is 0 Å². The smallest absolute Gasteiger partial charge is 0.222 e. The zero-order valence-electron chi connectivity index (χ0n) is 12.5. The number of ether oxygens (including phenoxy) is 1. The molecule has 0 unspecified atom stereocenters. The average Bonchev–Trinajstić information content (AvgIpc) is 3.10. The molecule has 1 aromatic carbocycles. The van der Waals surface area contributed by atoms with Crippen LogP contribution in [0.15, 0.2) is 30.3 Å². The number of carbonyl (C=O) groups is 1. The lowest BCUT2D eigenvalue weighted by Crippen LogP contribution is -2.39. The van der Waals surface area contributed by atoms with E-state index in [1.165, 1.54) is 5.56 Å². The molecule has 3 rings (SSSR count). The van der Waals surface area contributed by atoms with Gasteiger partial charge < -0.3 is 15.0 Å². The van der Waals surface area contributed by atoms with E-state index in [1.807, 2.05) is 18.2 Å². The van der Waals surface area contributed by atoms with Gasteiger partial charge in [-0.15, -0.1) is 0 Å². The third-order valence-electron chi connectivity index (χ3n) is 4.56. The van der Waals surface area contributed by atoms with Crippen LogP contribution in [0.1, 0.15) is 24.8 Å². The van der Waals surface area contributed by atoms with E-state index in [0.717, 1.165) is 32.5 Å². The number of benzene rings is 1. The Morgan fingerprint density at radius 2 is 2.14 bits per heavy atom. The maximum atomic E-state index is 12.3. The number of likely N-dealkylation sites (tertiary alicyclic amines) is 1. The molecule has 21 heavy (non-hydrogen) atoms. The molecule has 2 heterocycles. The van der Waals surface area contributed by atoms with Gasteiger partial charge in [0.25, 0.3) is 0 Å². The molecule has 2 atom stereocenters. The predicted octanol–water partition coefficient (Wildman–Crippen LogP) is 1.80. The molecule has 114 valence electrons. The van der Waals surface area contributed by atoms with Crippen LogP contribution in [0.25, 0.3) is 0 Å². The van der Waals surface area contributed by atoms with Crippen molar-refractivity contribution in [2.75, 3.05) is 26.2 Å². The summed E-state index contributed by atoms with van der Waals surface area (Å²) in [4.78, 5) is 14.3. The van der Waals surface area contributed by atoms with Crippen molar-refractivity contribution < 1.29 is 9.53 Å². The summed E-state index contributed by atoms with van der Waals surface area (Å²) in [5.41, 5.74) is 1.18. The van der Waals surface area contributed by atoms with E-state index in [0.29, 0.717) is 37.5 Å². The van der Waals surface area contributed by atoms with Gasteiger partial charge in [0.2, 0.25) is 5.91 Å². The van der Waals surface area contributed by atoms with Crippen molar-refractivity contribution in [1.82, 2.24) is 10.2 Å². The normalized spacial score (nSPS) is 24.3. The minimum atomic E-state index is 0.300. The SMILES string of the molecule is O=C(CCCOCc1ccccc1)N1CC[C@H]2CNC[C@H]21. The molecule has 0 saturated carbocycles. The molecule has 2 aliphatic rings. The minimum absolute atomic E-state index is 0.300. The van der Waals surface area contributed by atoms with Crippen molar-refractivity contribution in [3.05, 3.63) is 35.9 Å². The van der Waals surface area contributed by atoms with Gasteiger partial charge in [-0.3, -0.25) is 4.79 Å². The quantitative estimate of drug-likeness (QED) is 0.812. The molecular formula is C17H24N2O2. The standard InChI is InChI=1S/C17H24N2O2/c20-17(19-9-8-15-11-18-12-16(15)19)7-4-10-21-13-14-5-2-1-3-6-14/h1-3,5-6,15-16,18H,4,7-13H2/t15-,16+/m0/s1. The van der Waals surface area contributed by atoms with Gasteiger partial charge >= 0.3 is 0 Å². The monoisotopic (exact) mass is 288 g/mol. The average molecular weight is 288 g/mol. The fourth-order valence-corrected chi connectivity index (χ4v) is 3.39. The van der Waals surface area contributed by atoms with Crippen LogP contribution in [-0.4, -0.2) is 43.1 Å². The number of hydrogen-bond donors (Lipinski definition) is 1. The van der Waals surface area contributed by atoms with E-state index in [2.05, 4.69) is 22.3 Å². The Morgan fingerprint density at radius 3 is 3.00 bits per heavy atom. The highest BCUT2D eigenvalue weighted by Crippen LogP contribution is 2.27. The van der Waals surface area contributed by atoms with E-state index in [9.17, 15) is 4.79 Å². The summed E-state index contributed by atoms with van der Waals surface area (Å²) in [6.07, 6.45) is 2.58. The largest absolute Gasteiger partial charge is 0.377 e. The molecule has 2 aliphatic heterocycles. The molecule has 0 bridgehead atoms. The summed E-state index contributed by atoms with van der Waals surface area (Å²) in [7, 11) is 0. The molecule has 0 radical (unpaired) electrons. The first-order valence-electron chi connectivity index (χ1n) is 7.96. The first-order valence-corrected chi connectivity index (χ1v) is 7.96. The molecule has 0 aliphatic carbocycles. The summed E-state index contributed by atoms with van der Waals surface area (Å²) in [6, 6.07) is 10.6. The number of amides is 1. The Hall–Kier alpha value is -1.39. The second-order valence-electron chi connectivity index (χ2n) is 6.00. The van der Waals surface area contributed by atoms with Gasteiger partial charge in [0.15, 0.2) is 0 Å². The van der Waals surface area contributed by atoms with E-state index < -0.39 is 0 Å². The molecule has 0 spiro atoms. The third-order valence-corrected chi connectivity index (χ3v) is 4.56. The van der Waals surface area contributed by atoms with Gasteiger partial charge in [-0.25, -0.2) is 0 Å². The third kappa shape index (κ3) is 3.63. The van der Waals surface area contributed by atoms with Crippen LogP contribution < -0.4 is 5.32 Å². The number of nitrogens with zero attached hydrogens (tertiary/aromatic N) is 1. The second kappa shape index (κ2) is 7.05. The van der Waals surface area contributed by atoms with Crippen LogP contribution in [0.2, 0.25) is 0 Å². The molecule has 2 saturated heterocycles. The summed E-state index contributed by atoms with van der Waals surface area (Å²) in [6.45, 7) is 4.28. The number of fused-ring (bicyclic) bond motifs is 1. The Balaban J connectivity index is 1.33. The van der Waals surface area contributed by atoms with E-state index >= 15 is 0 Å². The summed E-state index contributed by atoms with van der Waals surface area (Å²) in [5.74, 6) is 0.984. The zero-order valence-corrected chi connectivity index (χ0v) is 12.5. The summed E-state index contributed by atoms with van der Waals surface area (Å²) >= 11 is 0. The van der Waals surface area contributed by atoms with Gasteiger partial charge in [0.1, 0.15) is 0 Å². The Bertz CT molecular complexity index is 463. The van der Waals surface area contributed by atoms with E-state index in [4.69, 9.17) is 4.74 Å². The summed E-state index contributed by atoms with van der Waals surface area (Å²) < 4.78 is 5.64. The van der Waals surface area contributed by atoms with Crippen LogP contribution in [0.3, 0.4) is 0 Å². The lowest BCUT2D eigenvalue weighted by molar-refractivity contribution is -0.132. The predicted molar refractivity (Wildman–Crippen MR) is 81.8 cm³/mol. The maximum Gasteiger partial charge on any atom is 0.222 e. The lowest BCUT2D eigenvalue weighted by atomic mass is 10.1. The number of rotatable bonds is 6. The molecule has 1 aromatic rings. The Labute approximate surface area is 126 Å². The van der Waals surface area contributed by atoms with Crippen molar-refractivity contribution in [2.45, 2.75) is 31.9 Å². The van der Waals surface area contributed by atoms with Crippen molar-refractivity contribution in [3.63, 3.8) is 0 Å². The number of hydrogen-bond acceptors (Lipinski definition) is 3. The zero-order chi connectivity index (χ0) is 14.5. The fourth-order valence-electron chi connectivity index (χ4n) is 3.39. The topological polar surface area (TPSA) is 41.6 Å². The molecule has 1 amide bonds. The Morgan fingerprint density at radius 1 is 1.29 bits per heavy atom. The van der Waals surface area contributed by atoms with Crippen LogP contribution in [-0.2, 0) is 16.1 Å². The molecular weight excluding hydrogens is 264 g/mol. The Kier molecular flexibility index (Phi) is 4.88. The van der Waals surface area contributed by atoms with Crippen LogP contribution in [0.5, 0.6) is 0 Å². The molecule has 4 heteroatoms. The maximum absolute atomic E-state index is 12.3. The molecule has 1 N–H and O–H groups in total. The van der Waals surface area contributed by atoms with Gasteiger partial charge in [-0.05, 0) is 24.3 Å². The van der Waals surface area contributed by atoms with Crippen molar-refractivity contribution in [3.8, 4) is 0 Å². The first-order chi connectivity index (χ1) is 10.3. The molecule has 2 fully saturated rings. The highest BCUT2D eigenvalue weighted by Gasteiger charge is 2.39. The van der Waals surface area contributed by atoms with Crippen LogP contribution in [0, 0.1) is 5.92 Å². The first kappa shape index (κ1) is 14.5. The van der Waals surface area contributed by atoms with Crippen molar-refractivity contribution in [1.29, 1.82) is 0 Å². The summed E-state index contributed by atoms with van der Waals surface area (Å²) in [5, 5.41) is 3.39. The lowest BCUT2D eigenvalue weighted by Gasteiger charge is -2.23. The highest BCUT2D eigenvalue weighted by atomic mass is 16.5. The van der Waals surface area contributed by atoms with Gasteiger partial charge in [-0.1, -0.05) is 30.3 Å².